The topological polar surface area (TPSA) is 32.3 Å². The zero-order valence-corrected chi connectivity index (χ0v) is 9.46. The predicted molar refractivity (Wildman–Crippen MR) is 63.3 cm³/mol. The lowest BCUT2D eigenvalue weighted by Gasteiger charge is -2.25. The lowest BCUT2D eigenvalue weighted by molar-refractivity contribution is 0.230. The summed E-state index contributed by atoms with van der Waals surface area (Å²) in [5.41, 5.74) is 3.98. The van der Waals surface area contributed by atoms with Gasteiger partial charge in [-0.25, -0.2) is 0 Å². The highest BCUT2D eigenvalue weighted by Crippen LogP contribution is 2.28. The highest BCUT2D eigenvalue weighted by molar-refractivity contribution is 5.55. The fourth-order valence-electron chi connectivity index (χ4n) is 2.08. The Labute approximate surface area is 91.3 Å². The number of hydrogen-bond acceptors (Lipinski definition) is 2. The third-order valence-corrected chi connectivity index (χ3v) is 3.14. The van der Waals surface area contributed by atoms with Crippen molar-refractivity contribution in [2.45, 2.75) is 26.2 Å². The molecule has 0 spiro atoms. The Morgan fingerprint density at radius 3 is 2.93 bits per heavy atom. The second kappa shape index (κ2) is 4.23. The smallest absolute Gasteiger partial charge is 0.0479 e. The SMILES string of the molecule is CC(C)c1ccc2c(c1)CC(CO)CN2. The van der Waals surface area contributed by atoms with Crippen molar-refractivity contribution in [1.82, 2.24) is 0 Å². The summed E-state index contributed by atoms with van der Waals surface area (Å²) in [5, 5.41) is 12.5. The van der Waals surface area contributed by atoms with Crippen molar-refractivity contribution in [2.75, 3.05) is 18.5 Å². The van der Waals surface area contributed by atoms with Gasteiger partial charge in [-0.1, -0.05) is 26.0 Å². The zero-order chi connectivity index (χ0) is 10.8. The summed E-state index contributed by atoms with van der Waals surface area (Å²) < 4.78 is 0. The molecule has 1 heterocycles. The van der Waals surface area contributed by atoms with Crippen LogP contribution in [0.3, 0.4) is 0 Å². The number of fused-ring (bicyclic) bond motifs is 1. The molecule has 1 aliphatic rings. The van der Waals surface area contributed by atoms with Crippen LogP contribution < -0.4 is 5.32 Å². The Balaban J connectivity index is 2.26. The second-order valence-corrected chi connectivity index (χ2v) is 4.70. The number of aliphatic hydroxyl groups is 1. The molecule has 0 saturated carbocycles. The first-order valence-corrected chi connectivity index (χ1v) is 5.68. The summed E-state index contributed by atoms with van der Waals surface area (Å²) in [5.74, 6) is 0.949. The van der Waals surface area contributed by atoms with E-state index >= 15 is 0 Å². The Morgan fingerprint density at radius 2 is 2.27 bits per heavy atom. The molecule has 2 rings (SSSR count). The number of aliphatic hydroxyl groups excluding tert-OH is 1. The Morgan fingerprint density at radius 1 is 1.47 bits per heavy atom. The van der Waals surface area contributed by atoms with Gasteiger partial charge < -0.3 is 10.4 Å². The van der Waals surface area contributed by atoms with E-state index in [1.54, 1.807) is 0 Å². The van der Waals surface area contributed by atoms with Crippen LogP contribution in [0.25, 0.3) is 0 Å². The van der Waals surface area contributed by atoms with Gasteiger partial charge in [0.1, 0.15) is 0 Å². The van der Waals surface area contributed by atoms with Gasteiger partial charge in [-0.3, -0.25) is 0 Å². The van der Waals surface area contributed by atoms with E-state index in [4.69, 9.17) is 5.11 Å². The van der Waals surface area contributed by atoms with E-state index in [0.29, 0.717) is 11.8 Å². The van der Waals surface area contributed by atoms with Crippen LogP contribution >= 0.6 is 0 Å². The van der Waals surface area contributed by atoms with Crippen molar-refractivity contribution >= 4 is 5.69 Å². The van der Waals surface area contributed by atoms with Gasteiger partial charge in [-0.2, -0.15) is 0 Å². The molecule has 0 amide bonds. The maximum atomic E-state index is 9.16. The van der Waals surface area contributed by atoms with Gasteiger partial charge in [-0.15, -0.1) is 0 Å². The maximum absolute atomic E-state index is 9.16. The molecule has 0 radical (unpaired) electrons. The molecular formula is C13H19NO. The largest absolute Gasteiger partial charge is 0.396 e. The van der Waals surface area contributed by atoms with Gasteiger partial charge in [0.2, 0.25) is 0 Å². The van der Waals surface area contributed by atoms with E-state index in [9.17, 15) is 0 Å². The summed E-state index contributed by atoms with van der Waals surface area (Å²) in [6, 6.07) is 6.63. The summed E-state index contributed by atoms with van der Waals surface area (Å²) in [7, 11) is 0. The van der Waals surface area contributed by atoms with E-state index in [1.165, 1.54) is 16.8 Å². The third kappa shape index (κ3) is 2.15. The minimum absolute atomic E-state index is 0.276. The fourth-order valence-corrected chi connectivity index (χ4v) is 2.08. The molecule has 0 fully saturated rings. The van der Waals surface area contributed by atoms with E-state index in [1.807, 2.05) is 0 Å². The zero-order valence-electron chi connectivity index (χ0n) is 9.46. The van der Waals surface area contributed by atoms with E-state index in [0.717, 1.165) is 13.0 Å². The van der Waals surface area contributed by atoms with Crippen molar-refractivity contribution in [3.63, 3.8) is 0 Å². The number of nitrogens with one attached hydrogen (secondary N) is 1. The molecule has 1 atom stereocenters. The number of anilines is 1. The van der Waals surface area contributed by atoms with E-state index in [-0.39, 0.29) is 6.61 Å². The predicted octanol–water partition coefficient (Wildman–Crippen LogP) is 2.39. The van der Waals surface area contributed by atoms with Crippen LogP contribution in [-0.2, 0) is 6.42 Å². The average molecular weight is 205 g/mol. The maximum Gasteiger partial charge on any atom is 0.0479 e. The molecule has 0 saturated heterocycles. The van der Waals surface area contributed by atoms with Gasteiger partial charge >= 0.3 is 0 Å². The molecule has 1 aromatic carbocycles. The van der Waals surface area contributed by atoms with Gasteiger partial charge in [0, 0.05) is 24.8 Å². The Kier molecular flexibility index (Phi) is 2.96. The third-order valence-electron chi connectivity index (χ3n) is 3.14. The van der Waals surface area contributed by atoms with Crippen LogP contribution in [0.2, 0.25) is 0 Å². The van der Waals surface area contributed by atoms with Crippen molar-refractivity contribution in [1.29, 1.82) is 0 Å². The van der Waals surface area contributed by atoms with Crippen LogP contribution in [-0.4, -0.2) is 18.3 Å². The van der Waals surface area contributed by atoms with Gasteiger partial charge in [-0.05, 0) is 29.5 Å². The molecule has 2 nitrogen and oxygen atoms in total. The summed E-state index contributed by atoms with van der Waals surface area (Å²) in [6.07, 6.45) is 0.999. The first-order chi connectivity index (χ1) is 7.20. The van der Waals surface area contributed by atoms with Crippen molar-refractivity contribution < 1.29 is 5.11 Å². The molecule has 82 valence electrons. The van der Waals surface area contributed by atoms with E-state index < -0.39 is 0 Å². The second-order valence-electron chi connectivity index (χ2n) is 4.70. The fraction of sp³-hybridized carbons (Fsp3) is 0.538. The summed E-state index contributed by atoms with van der Waals surface area (Å²) in [6.45, 7) is 5.59. The monoisotopic (exact) mass is 205 g/mol. The van der Waals surface area contributed by atoms with E-state index in [2.05, 4.69) is 37.4 Å². The molecule has 0 bridgehead atoms. The van der Waals surface area contributed by atoms with Gasteiger partial charge in [0.15, 0.2) is 0 Å². The standard InChI is InChI=1S/C13H19NO/c1-9(2)11-3-4-13-12(6-11)5-10(8-15)7-14-13/h3-4,6,9-10,14-15H,5,7-8H2,1-2H3. The van der Waals surface area contributed by atoms with Crippen LogP contribution in [0.5, 0.6) is 0 Å². The lowest BCUT2D eigenvalue weighted by Crippen LogP contribution is -2.25. The summed E-state index contributed by atoms with van der Waals surface area (Å²) >= 11 is 0. The number of rotatable bonds is 2. The van der Waals surface area contributed by atoms with Crippen LogP contribution in [0, 0.1) is 5.92 Å². The van der Waals surface area contributed by atoms with Gasteiger partial charge in [0.05, 0.1) is 0 Å². The van der Waals surface area contributed by atoms with Crippen molar-refractivity contribution in [3.05, 3.63) is 29.3 Å². The molecule has 15 heavy (non-hydrogen) atoms. The lowest BCUT2D eigenvalue weighted by atomic mass is 9.91. The van der Waals surface area contributed by atoms with Crippen LogP contribution in [0.4, 0.5) is 5.69 Å². The number of benzene rings is 1. The molecule has 1 unspecified atom stereocenters. The average Bonchev–Trinajstić information content (AvgIpc) is 2.27. The molecule has 2 heteroatoms. The molecule has 1 aromatic rings. The molecule has 2 N–H and O–H groups in total. The molecule has 1 aliphatic heterocycles. The van der Waals surface area contributed by atoms with Crippen LogP contribution in [0.15, 0.2) is 18.2 Å². The Bertz CT molecular complexity index is 346. The first kappa shape index (κ1) is 10.5. The molecule has 0 aliphatic carbocycles. The van der Waals surface area contributed by atoms with Gasteiger partial charge in [0.25, 0.3) is 0 Å². The minimum atomic E-state index is 0.276. The normalized spacial score (nSPS) is 19.9. The van der Waals surface area contributed by atoms with Crippen LogP contribution in [0.1, 0.15) is 30.9 Å². The Hall–Kier alpha value is -1.02. The minimum Gasteiger partial charge on any atom is -0.396 e. The summed E-state index contributed by atoms with van der Waals surface area (Å²) in [4.78, 5) is 0. The number of hydrogen-bond donors (Lipinski definition) is 2. The highest BCUT2D eigenvalue weighted by atomic mass is 16.3. The first-order valence-electron chi connectivity index (χ1n) is 5.68. The quantitative estimate of drug-likeness (QED) is 0.777. The molecule has 0 aromatic heterocycles. The van der Waals surface area contributed by atoms with Crippen molar-refractivity contribution in [3.8, 4) is 0 Å². The molecular weight excluding hydrogens is 186 g/mol. The highest BCUT2D eigenvalue weighted by Gasteiger charge is 2.17. The van der Waals surface area contributed by atoms with Crippen molar-refractivity contribution in [2.24, 2.45) is 5.92 Å².